The van der Waals surface area contributed by atoms with Gasteiger partial charge in [-0.25, -0.2) is 0 Å². The van der Waals surface area contributed by atoms with Crippen molar-refractivity contribution in [2.24, 2.45) is 5.73 Å². The molecule has 128 valence electrons. The van der Waals surface area contributed by atoms with E-state index in [1.165, 1.54) is 0 Å². The number of hydrogen-bond donors (Lipinski definition) is 1. The van der Waals surface area contributed by atoms with Crippen LogP contribution < -0.4 is 5.73 Å². The first-order valence-electron chi connectivity index (χ1n) is 7.62. The fourth-order valence-electron chi connectivity index (χ4n) is 1.83. The Morgan fingerprint density at radius 3 is 1.48 bits per heavy atom. The zero-order valence-corrected chi connectivity index (χ0v) is 14.0. The van der Waals surface area contributed by atoms with Crippen LogP contribution >= 0.6 is 0 Å². The molecule has 21 heavy (non-hydrogen) atoms. The molecule has 0 aliphatic heterocycles. The average molecular weight is 309 g/mol. The van der Waals surface area contributed by atoms with Gasteiger partial charge in [-0.3, -0.25) is 5.73 Å². The van der Waals surface area contributed by atoms with Gasteiger partial charge >= 0.3 is 11.9 Å². The van der Waals surface area contributed by atoms with Gasteiger partial charge in [0.15, 0.2) is 0 Å². The van der Waals surface area contributed by atoms with E-state index >= 15 is 0 Å². The zero-order chi connectivity index (χ0) is 16.2. The third kappa shape index (κ3) is 6.15. The maximum absolute atomic E-state index is 6.22. The summed E-state index contributed by atoms with van der Waals surface area (Å²) < 4.78 is 33.4. The predicted molar refractivity (Wildman–Crippen MR) is 78.6 cm³/mol. The standard InChI is InChI=1S/C14H31NO6/c1-6-16-11-12-21-14(19-9-4,20-10-5)13(15,17-7-2)18-8-3/h6-12,15H2,1-5H3. The van der Waals surface area contributed by atoms with E-state index in [-0.39, 0.29) is 6.61 Å². The molecule has 0 aliphatic rings. The van der Waals surface area contributed by atoms with E-state index in [2.05, 4.69) is 0 Å². The van der Waals surface area contributed by atoms with Crippen LogP contribution in [0.25, 0.3) is 0 Å². The van der Waals surface area contributed by atoms with Gasteiger partial charge in [-0.15, -0.1) is 0 Å². The monoisotopic (exact) mass is 309 g/mol. The molecule has 0 amide bonds. The topological polar surface area (TPSA) is 81.4 Å². The van der Waals surface area contributed by atoms with Crippen LogP contribution in [-0.2, 0) is 28.4 Å². The molecule has 7 heteroatoms. The van der Waals surface area contributed by atoms with Gasteiger partial charge in [0, 0.05) is 33.0 Å². The summed E-state index contributed by atoms with van der Waals surface area (Å²) in [5, 5.41) is 0. The van der Waals surface area contributed by atoms with Crippen molar-refractivity contribution in [1.29, 1.82) is 0 Å². The summed E-state index contributed by atoms with van der Waals surface area (Å²) in [7, 11) is 0. The Kier molecular flexibility index (Phi) is 11.2. The first kappa shape index (κ1) is 20.7. The number of rotatable bonds is 14. The van der Waals surface area contributed by atoms with Gasteiger partial charge in [0.25, 0.3) is 0 Å². The number of ether oxygens (including phenoxy) is 6. The fraction of sp³-hybridized carbons (Fsp3) is 1.00. The smallest absolute Gasteiger partial charge is 0.356 e. The molecule has 0 rings (SSSR count). The van der Waals surface area contributed by atoms with Crippen molar-refractivity contribution >= 4 is 0 Å². The van der Waals surface area contributed by atoms with Crippen LogP contribution in [0.15, 0.2) is 0 Å². The van der Waals surface area contributed by atoms with E-state index in [0.29, 0.717) is 39.6 Å². The summed E-state index contributed by atoms with van der Waals surface area (Å²) >= 11 is 0. The average Bonchev–Trinajstić information content (AvgIpc) is 2.44. The first-order valence-corrected chi connectivity index (χ1v) is 7.62. The van der Waals surface area contributed by atoms with Crippen molar-refractivity contribution in [1.82, 2.24) is 0 Å². The lowest BCUT2D eigenvalue weighted by Gasteiger charge is -2.44. The van der Waals surface area contributed by atoms with Gasteiger partial charge in [-0.1, -0.05) is 0 Å². The minimum absolute atomic E-state index is 0.243. The molecular formula is C14H31NO6. The molecular weight excluding hydrogens is 278 g/mol. The van der Waals surface area contributed by atoms with Crippen LogP contribution in [0.2, 0.25) is 0 Å². The van der Waals surface area contributed by atoms with Crippen molar-refractivity contribution in [3.05, 3.63) is 0 Å². The molecule has 0 radical (unpaired) electrons. The molecule has 0 bridgehead atoms. The Bertz CT molecular complexity index is 240. The minimum Gasteiger partial charge on any atom is -0.379 e. The van der Waals surface area contributed by atoms with Crippen LogP contribution in [0.5, 0.6) is 0 Å². The van der Waals surface area contributed by atoms with Crippen LogP contribution in [0, 0.1) is 0 Å². The van der Waals surface area contributed by atoms with E-state index in [0.717, 1.165) is 0 Å². The van der Waals surface area contributed by atoms with Gasteiger partial charge < -0.3 is 28.4 Å². The minimum atomic E-state index is -1.66. The van der Waals surface area contributed by atoms with Gasteiger partial charge in [0.05, 0.1) is 13.2 Å². The highest BCUT2D eigenvalue weighted by molar-refractivity contribution is 4.77. The highest BCUT2D eigenvalue weighted by Crippen LogP contribution is 2.30. The molecule has 0 spiro atoms. The number of nitrogens with two attached hydrogens (primary N) is 1. The third-order valence-corrected chi connectivity index (χ3v) is 2.54. The van der Waals surface area contributed by atoms with Gasteiger partial charge in [0.1, 0.15) is 0 Å². The Morgan fingerprint density at radius 2 is 1.10 bits per heavy atom. The van der Waals surface area contributed by atoms with Crippen LogP contribution in [0.1, 0.15) is 34.6 Å². The highest BCUT2D eigenvalue weighted by Gasteiger charge is 2.56. The maximum atomic E-state index is 6.22. The van der Waals surface area contributed by atoms with Gasteiger partial charge in [0.2, 0.25) is 0 Å². The molecule has 0 atom stereocenters. The molecule has 0 saturated heterocycles. The summed E-state index contributed by atoms with van der Waals surface area (Å²) in [6.45, 7) is 11.7. The predicted octanol–water partition coefficient (Wildman–Crippen LogP) is 1.45. The summed E-state index contributed by atoms with van der Waals surface area (Å²) in [5.74, 6) is -3.30. The molecule has 0 aliphatic carbocycles. The summed E-state index contributed by atoms with van der Waals surface area (Å²) in [6.07, 6.45) is 0. The second-order valence-corrected chi connectivity index (χ2v) is 4.00. The normalized spacial score (nSPS) is 12.9. The lowest BCUT2D eigenvalue weighted by molar-refractivity contribution is -0.495. The van der Waals surface area contributed by atoms with Crippen molar-refractivity contribution in [2.75, 3.05) is 46.2 Å². The van der Waals surface area contributed by atoms with Crippen LogP contribution in [-0.4, -0.2) is 58.1 Å². The molecule has 0 unspecified atom stereocenters. The molecule has 0 heterocycles. The first-order chi connectivity index (χ1) is 10.1. The Labute approximate surface area is 128 Å². The SMILES string of the molecule is CCOCCOC(OCC)(OCC)C(N)(OCC)OCC. The molecule has 7 nitrogen and oxygen atoms in total. The number of hydrogen-bond acceptors (Lipinski definition) is 7. The second-order valence-electron chi connectivity index (χ2n) is 4.00. The molecule has 0 aromatic heterocycles. The lowest BCUT2D eigenvalue weighted by Crippen LogP contribution is -2.68. The molecule has 0 aromatic rings. The van der Waals surface area contributed by atoms with E-state index in [1.54, 1.807) is 0 Å². The zero-order valence-electron chi connectivity index (χ0n) is 14.0. The Balaban J connectivity index is 5.17. The van der Waals surface area contributed by atoms with Crippen LogP contribution in [0.4, 0.5) is 0 Å². The van der Waals surface area contributed by atoms with Crippen molar-refractivity contribution < 1.29 is 28.4 Å². The van der Waals surface area contributed by atoms with E-state index in [1.807, 2.05) is 34.6 Å². The van der Waals surface area contributed by atoms with Gasteiger partial charge in [-0.05, 0) is 34.6 Å². The van der Waals surface area contributed by atoms with E-state index in [4.69, 9.17) is 34.2 Å². The molecule has 2 N–H and O–H groups in total. The lowest BCUT2D eigenvalue weighted by atomic mass is 10.3. The van der Waals surface area contributed by atoms with Crippen molar-refractivity contribution in [3.8, 4) is 0 Å². The Morgan fingerprint density at radius 1 is 0.619 bits per heavy atom. The Hall–Kier alpha value is -0.280. The highest BCUT2D eigenvalue weighted by atomic mass is 16.9. The quantitative estimate of drug-likeness (QED) is 0.384. The molecule has 0 fully saturated rings. The molecule has 0 saturated carbocycles. The largest absolute Gasteiger partial charge is 0.379 e. The maximum Gasteiger partial charge on any atom is 0.356 e. The summed E-state index contributed by atoms with van der Waals surface area (Å²) in [4.78, 5) is 0. The fourth-order valence-corrected chi connectivity index (χ4v) is 1.83. The second kappa shape index (κ2) is 11.3. The van der Waals surface area contributed by atoms with Crippen molar-refractivity contribution in [2.45, 2.75) is 46.5 Å². The van der Waals surface area contributed by atoms with Crippen molar-refractivity contribution in [3.63, 3.8) is 0 Å². The summed E-state index contributed by atoms with van der Waals surface area (Å²) in [6, 6.07) is 0. The van der Waals surface area contributed by atoms with Gasteiger partial charge in [-0.2, -0.15) is 0 Å². The molecule has 0 aromatic carbocycles. The van der Waals surface area contributed by atoms with E-state index < -0.39 is 11.9 Å². The van der Waals surface area contributed by atoms with Crippen LogP contribution in [0.3, 0.4) is 0 Å². The summed E-state index contributed by atoms with van der Waals surface area (Å²) in [5.41, 5.74) is 6.22. The third-order valence-electron chi connectivity index (χ3n) is 2.54. The van der Waals surface area contributed by atoms with E-state index in [9.17, 15) is 0 Å².